The third kappa shape index (κ3) is 5.99. The SMILES string of the molecule is CCc1cc(CC)cc([Si](c2ccccc2)(c2ccc(C)cc2C)C2(C)[C-]=C(C)C(C)=C2C)c1.[Cl-].[Cl-].[Cl-].[Ti+4]. The second-order valence-electron chi connectivity index (χ2n) is 10.3. The molecule has 0 spiro atoms. The van der Waals surface area contributed by atoms with Gasteiger partial charge in [-0.1, -0.05) is 118 Å². The molecule has 0 saturated heterocycles. The number of allylic oxidation sites excluding steroid dienone is 4. The minimum absolute atomic E-state index is 0. The van der Waals surface area contributed by atoms with E-state index in [0.717, 1.165) is 12.8 Å². The Morgan fingerprint density at radius 1 is 0.711 bits per heavy atom. The van der Waals surface area contributed by atoms with E-state index < -0.39 is 8.07 Å². The average molecular weight is 618 g/mol. The Morgan fingerprint density at radius 3 is 1.71 bits per heavy atom. The third-order valence-corrected chi connectivity index (χ3v) is 14.1. The molecule has 0 radical (unpaired) electrons. The van der Waals surface area contributed by atoms with Crippen LogP contribution in [0.25, 0.3) is 0 Å². The third-order valence-electron chi connectivity index (χ3n) is 8.36. The molecule has 2 atom stereocenters. The van der Waals surface area contributed by atoms with E-state index in [4.69, 9.17) is 0 Å². The zero-order valence-electron chi connectivity index (χ0n) is 23.9. The molecule has 200 valence electrons. The molecule has 0 N–H and O–H groups in total. The maximum atomic E-state index is 4.09. The summed E-state index contributed by atoms with van der Waals surface area (Å²) in [4.78, 5) is 0. The summed E-state index contributed by atoms with van der Waals surface area (Å²) in [5.74, 6) is 0. The van der Waals surface area contributed by atoms with E-state index in [1.165, 1.54) is 54.5 Å². The minimum atomic E-state index is -2.61. The standard InChI is InChI=1S/C33H39Si.3ClH.Ti/c1-9-28-19-29(10-2)21-31(20-28)34(30-14-12-11-13-15-30,32-17-16-23(3)18-24(32)4)33(8)22-25(5)26(6)27(33)7;;;;/h11-21H,9-10H2,1-8H3;3*1H;/q-1;;;;+4/p-3. The summed E-state index contributed by atoms with van der Waals surface area (Å²) in [5.41, 5.74) is 9.78. The molecule has 4 rings (SSSR count). The van der Waals surface area contributed by atoms with E-state index in [9.17, 15) is 0 Å². The molecule has 5 heteroatoms. The summed E-state index contributed by atoms with van der Waals surface area (Å²) in [6, 6.07) is 26.0. The van der Waals surface area contributed by atoms with Gasteiger partial charge in [-0.15, -0.1) is 6.92 Å². The molecule has 3 aromatic rings. The van der Waals surface area contributed by atoms with E-state index in [2.05, 4.69) is 128 Å². The fourth-order valence-electron chi connectivity index (χ4n) is 6.23. The van der Waals surface area contributed by atoms with Gasteiger partial charge in [-0.05, 0) is 53.4 Å². The van der Waals surface area contributed by atoms with Crippen molar-refractivity contribution in [2.24, 2.45) is 0 Å². The number of halogens is 3. The second kappa shape index (κ2) is 14.5. The average Bonchev–Trinajstić information content (AvgIpc) is 3.04. The number of hydrogen-bond donors (Lipinski definition) is 0. The van der Waals surface area contributed by atoms with Gasteiger partial charge in [0, 0.05) is 0 Å². The van der Waals surface area contributed by atoms with Crippen LogP contribution < -0.4 is 52.8 Å². The van der Waals surface area contributed by atoms with Crippen LogP contribution in [-0.2, 0) is 34.6 Å². The normalized spacial score (nSPS) is 17.7. The minimum Gasteiger partial charge on any atom is -1.00 e. The van der Waals surface area contributed by atoms with Crippen molar-refractivity contribution in [2.75, 3.05) is 0 Å². The molecule has 38 heavy (non-hydrogen) atoms. The summed E-state index contributed by atoms with van der Waals surface area (Å²) in [6.07, 6.45) is 6.19. The van der Waals surface area contributed by atoms with Gasteiger partial charge in [-0.2, -0.15) is 11.1 Å². The molecule has 0 aliphatic heterocycles. The Kier molecular flexibility index (Phi) is 14.1. The maximum absolute atomic E-state index is 4.09. The van der Waals surface area contributed by atoms with E-state index >= 15 is 0 Å². The molecule has 0 saturated carbocycles. The monoisotopic (exact) mass is 616 g/mol. The Bertz CT molecular complexity index is 1280. The van der Waals surface area contributed by atoms with Crippen LogP contribution in [0.15, 0.2) is 83.4 Å². The molecule has 1 aliphatic rings. The number of benzene rings is 3. The van der Waals surface area contributed by atoms with Gasteiger partial charge in [-0.3, -0.25) is 6.08 Å². The topological polar surface area (TPSA) is 0 Å². The van der Waals surface area contributed by atoms with Crippen molar-refractivity contribution < 1.29 is 58.9 Å². The van der Waals surface area contributed by atoms with Crippen molar-refractivity contribution in [3.05, 3.63) is 112 Å². The zero-order valence-corrected chi connectivity index (χ0v) is 28.7. The number of hydrogen-bond acceptors (Lipinski definition) is 0. The largest absolute Gasteiger partial charge is 4.00 e. The molecule has 0 aromatic heterocycles. The van der Waals surface area contributed by atoms with E-state index in [1.807, 2.05) is 0 Å². The molecule has 0 amide bonds. The second-order valence-corrected chi connectivity index (χ2v) is 14.5. The maximum Gasteiger partial charge on any atom is 4.00 e. The molecular formula is C33H39Cl3SiTi. The van der Waals surface area contributed by atoms with Gasteiger partial charge in [0.2, 0.25) is 0 Å². The summed E-state index contributed by atoms with van der Waals surface area (Å²) in [5, 5.41) is 4.31. The van der Waals surface area contributed by atoms with E-state index in [1.54, 1.807) is 0 Å². The molecule has 0 nitrogen and oxygen atoms in total. The summed E-state index contributed by atoms with van der Waals surface area (Å²) in [7, 11) is -2.61. The Morgan fingerprint density at radius 2 is 1.26 bits per heavy atom. The summed E-state index contributed by atoms with van der Waals surface area (Å²) < 4.78 is 0. The van der Waals surface area contributed by atoms with Crippen molar-refractivity contribution in [2.45, 2.75) is 73.3 Å². The Balaban J connectivity index is 0.00000342. The van der Waals surface area contributed by atoms with Crippen LogP contribution in [0.3, 0.4) is 0 Å². The van der Waals surface area contributed by atoms with Gasteiger partial charge in [-0.25, -0.2) is 5.57 Å². The van der Waals surface area contributed by atoms with Crippen LogP contribution in [0, 0.1) is 19.9 Å². The van der Waals surface area contributed by atoms with Crippen LogP contribution in [0.5, 0.6) is 0 Å². The fourth-order valence-corrected chi connectivity index (χ4v) is 12.5. The van der Waals surface area contributed by atoms with Crippen LogP contribution >= 0.6 is 0 Å². The van der Waals surface area contributed by atoms with Gasteiger partial charge in [0.05, 0.1) is 0 Å². The van der Waals surface area contributed by atoms with E-state index in [-0.39, 0.29) is 64.0 Å². The predicted molar refractivity (Wildman–Crippen MR) is 151 cm³/mol. The molecule has 1 aliphatic carbocycles. The zero-order chi connectivity index (χ0) is 24.7. The van der Waals surface area contributed by atoms with Crippen molar-refractivity contribution in [1.82, 2.24) is 0 Å². The van der Waals surface area contributed by atoms with Gasteiger partial charge >= 0.3 is 21.7 Å². The molecule has 0 fully saturated rings. The molecule has 0 heterocycles. The first kappa shape index (κ1) is 36.9. The van der Waals surface area contributed by atoms with Gasteiger partial charge < -0.3 is 37.2 Å². The van der Waals surface area contributed by atoms with Crippen LogP contribution in [-0.4, -0.2) is 8.07 Å². The van der Waals surface area contributed by atoms with Gasteiger partial charge in [0.25, 0.3) is 0 Å². The first-order valence-corrected chi connectivity index (χ1v) is 14.8. The van der Waals surface area contributed by atoms with Crippen LogP contribution in [0.4, 0.5) is 0 Å². The summed E-state index contributed by atoms with van der Waals surface area (Å²) >= 11 is 0. The number of rotatable bonds is 6. The Hall–Kier alpha value is -1.06. The summed E-state index contributed by atoms with van der Waals surface area (Å²) in [6.45, 7) is 18.5. The first-order chi connectivity index (χ1) is 16.2. The van der Waals surface area contributed by atoms with Crippen LogP contribution in [0.1, 0.15) is 63.8 Å². The first-order valence-electron chi connectivity index (χ1n) is 12.8. The smallest absolute Gasteiger partial charge is 1.00 e. The Labute approximate surface area is 265 Å². The quantitative estimate of drug-likeness (QED) is 0.167. The van der Waals surface area contributed by atoms with E-state index in [0.29, 0.717) is 0 Å². The van der Waals surface area contributed by atoms with Gasteiger partial charge in [0.1, 0.15) is 8.07 Å². The van der Waals surface area contributed by atoms with Crippen molar-refractivity contribution in [1.29, 1.82) is 0 Å². The fraction of sp³-hybridized carbons (Fsp3) is 0.333. The van der Waals surface area contributed by atoms with Gasteiger partial charge in [0.15, 0.2) is 0 Å². The number of aryl methyl sites for hydroxylation is 4. The van der Waals surface area contributed by atoms with Crippen molar-refractivity contribution >= 4 is 23.6 Å². The molecule has 3 aromatic carbocycles. The molecule has 2 unspecified atom stereocenters. The predicted octanol–water partition coefficient (Wildman–Crippen LogP) is -2.23. The molecular weight excluding hydrogens is 579 g/mol. The molecule has 0 bridgehead atoms. The van der Waals surface area contributed by atoms with Crippen molar-refractivity contribution in [3.63, 3.8) is 0 Å². The van der Waals surface area contributed by atoms with Crippen molar-refractivity contribution in [3.8, 4) is 0 Å². The van der Waals surface area contributed by atoms with Crippen LogP contribution in [0.2, 0.25) is 5.04 Å².